The van der Waals surface area contributed by atoms with Gasteiger partial charge in [0, 0.05) is 17.0 Å². The highest BCUT2D eigenvalue weighted by molar-refractivity contribution is 7.98. The van der Waals surface area contributed by atoms with Crippen molar-refractivity contribution in [2.45, 2.75) is 4.90 Å². The van der Waals surface area contributed by atoms with E-state index in [1.54, 1.807) is 12.1 Å². The monoisotopic (exact) mass is 305 g/mol. The van der Waals surface area contributed by atoms with Crippen LogP contribution in [0.15, 0.2) is 45.1 Å². The maximum atomic E-state index is 11.5. The molecule has 2 aromatic heterocycles. The van der Waals surface area contributed by atoms with Gasteiger partial charge in [0.05, 0.1) is 4.92 Å². The summed E-state index contributed by atoms with van der Waals surface area (Å²) in [5, 5.41) is 10.6. The Balaban J connectivity index is 2.00. The Morgan fingerprint density at radius 3 is 2.57 bits per heavy atom. The van der Waals surface area contributed by atoms with E-state index < -0.39 is 16.2 Å². The number of imidazole rings is 1. The van der Waals surface area contributed by atoms with Crippen LogP contribution in [0.5, 0.6) is 0 Å². The molecule has 10 heteroatoms. The fourth-order valence-corrected chi connectivity index (χ4v) is 2.53. The molecule has 0 aliphatic rings. The van der Waals surface area contributed by atoms with E-state index in [4.69, 9.17) is 0 Å². The van der Waals surface area contributed by atoms with Crippen molar-refractivity contribution in [1.82, 2.24) is 18.9 Å². The van der Waals surface area contributed by atoms with E-state index >= 15 is 0 Å². The average molecular weight is 305 g/mol. The smallest absolute Gasteiger partial charge is 0.291 e. The first-order valence-electron chi connectivity index (χ1n) is 5.67. The third kappa shape index (κ3) is 2.43. The first-order valence-corrected chi connectivity index (χ1v) is 6.44. The summed E-state index contributed by atoms with van der Waals surface area (Å²) in [6.45, 7) is 0. The van der Waals surface area contributed by atoms with Crippen molar-refractivity contribution in [3.8, 4) is 0 Å². The lowest BCUT2D eigenvalue weighted by Gasteiger charge is -2.02. The van der Waals surface area contributed by atoms with Gasteiger partial charge in [0.15, 0.2) is 11.2 Å². The van der Waals surface area contributed by atoms with Crippen LogP contribution in [0.1, 0.15) is 0 Å². The zero-order valence-corrected chi connectivity index (χ0v) is 11.1. The predicted molar refractivity (Wildman–Crippen MR) is 75.3 cm³/mol. The zero-order chi connectivity index (χ0) is 15.0. The molecule has 0 saturated carbocycles. The molecular weight excluding hydrogens is 298 g/mol. The minimum atomic E-state index is -0.626. The number of nitro benzene ring substituents is 1. The highest BCUT2D eigenvalue weighted by atomic mass is 32.2. The van der Waals surface area contributed by atoms with Gasteiger partial charge in [0.25, 0.3) is 11.2 Å². The Bertz CT molecular complexity index is 940. The maximum absolute atomic E-state index is 11.5. The van der Waals surface area contributed by atoms with E-state index in [2.05, 4.69) is 15.0 Å². The first kappa shape index (κ1) is 13.1. The summed E-state index contributed by atoms with van der Waals surface area (Å²) < 4.78 is 1.51. The Morgan fingerprint density at radius 2 is 1.90 bits per heavy atom. The van der Waals surface area contributed by atoms with Gasteiger partial charge >= 0.3 is 5.69 Å². The van der Waals surface area contributed by atoms with Crippen LogP contribution in [-0.4, -0.2) is 23.8 Å². The molecule has 0 amide bonds. The SMILES string of the molecule is O=c1[nH]c(=O)c2ncn(Sc3ccc([N+](=O)[O-])cc3)c2[nH]1. The number of hydrogen-bond acceptors (Lipinski definition) is 6. The molecule has 0 bridgehead atoms. The molecule has 0 atom stereocenters. The number of H-pyrrole nitrogens is 2. The van der Waals surface area contributed by atoms with Gasteiger partial charge in [-0.25, -0.2) is 9.78 Å². The minimum Gasteiger partial charge on any atom is -0.291 e. The summed E-state index contributed by atoms with van der Waals surface area (Å²) in [6.07, 6.45) is 1.39. The Hall–Kier alpha value is -2.88. The zero-order valence-electron chi connectivity index (χ0n) is 10.3. The van der Waals surface area contributed by atoms with Gasteiger partial charge in [-0.2, -0.15) is 0 Å². The number of aromatic amines is 2. The van der Waals surface area contributed by atoms with E-state index in [1.807, 2.05) is 0 Å². The number of nitrogens with zero attached hydrogens (tertiary/aromatic N) is 3. The third-order valence-electron chi connectivity index (χ3n) is 2.66. The summed E-state index contributed by atoms with van der Waals surface area (Å²) in [4.78, 5) is 42.1. The van der Waals surface area contributed by atoms with Crippen LogP contribution in [-0.2, 0) is 0 Å². The molecule has 106 valence electrons. The van der Waals surface area contributed by atoms with Crippen molar-refractivity contribution in [3.05, 3.63) is 61.5 Å². The van der Waals surface area contributed by atoms with Gasteiger partial charge in [0.2, 0.25) is 0 Å². The van der Waals surface area contributed by atoms with E-state index in [0.717, 1.165) is 0 Å². The number of rotatable bonds is 3. The molecule has 1 aromatic carbocycles. The molecule has 3 rings (SSSR count). The van der Waals surface area contributed by atoms with Gasteiger partial charge < -0.3 is 0 Å². The van der Waals surface area contributed by atoms with Crippen molar-refractivity contribution in [1.29, 1.82) is 0 Å². The number of non-ortho nitro benzene ring substituents is 1. The molecule has 2 N–H and O–H groups in total. The Kier molecular flexibility index (Phi) is 3.06. The van der Waals surface area contributed by atoms with Crippen molar-refractivity contribution in [3.63, 3.8) is 0 Å². The molecule has 0 aliphatic carbocycles. The second kappa shape index (κ2) is 4.90. The van der Waals surface area contributed by atoms with Crippen LogP contribution in [0.4, 0.5) is 5.69 Å². The second-order valence-corrected chi connectivity index (χ2v) is 5.07. The number of fused-ring (bicyclic) bond motifs is 1. The lowest BCUT2D eigenvalue weighted by molar-refractivity contribution is -0.384. The van der Waals surface area contributed by atoms with Crippen molar-refractivity contribution in [2.75, 3.05) is 0 Å². The molecule has 0 unspecified atom stereocenters. The lowest BCUT2D eigenvalue weighted by atomic mass is 10.3. The minimum absolute atomic E-state index is 0.0142. The van der Waals surface area contributed by atoms with E-state index in [0.29, 0.717) is 4.90 Å². The normalized spacial score (nSPS) is 10.9. The average Bonchev–Trinajstić information content (AvgIpc) is 2.83. The standard InChI is InChI=1S/C11H7N5O4S/c17-10-8-9(13-11(18)14-10)15(5-12-8)21-7-3-1-6(2-4-7)16(19)20/h1-5H,(H2,13,14,17,18). The van der Waals surface area contributed by atoms with Gasteiger partial charge in [-0.15, -0.1) is 0 Å². The first-order chi connectivity index (χ1) is 10.0. The third-order valence-corrected chi connectivity index (χ3v) is 3.62. The van der Waals surface area contributed by atoms with Crippen LogP contribution >= 0.6 is 11.9 Å². The summed E-state index contributed by atoms with van der Waals surface area (Å²) in [5.74, 6) is 0. The topological polar surface area (TPSA) is 127 Å². The van der Waals surface area contributed by atoms with Crippen LogP contribution in [0.2, 0.25) is 0 Å². The highest BCUT2D eigenvalue weighted by Crippen LogP contribution is 2.24. The van der Waals surface area contributed by atoms with Crippen LogP contribution in [0, 0.1) is 10.1 Å². The number of nitro groups is 1. The highest BCUT2D eigenvalue weighted by Gasteiger charge is 2.10. The maximum Gasteiger partial charge on any atom is 0.327 e. The molecule has 0 saturated heterocycles. The molecule has 21 heavy (non-hydrogen) atoms. The van der Waals surface area contributed by atoms with Gasteiger partial charge in [0.1, 0.15) is 6.33 Å². The number of benzene rings is 1. The Morgan fingerprint density at radius 1 is 1.19 bits per heavy atom. The lowest BCUT2D eigenvalue weighted by Crippen LogP contribution is -2.22. The number of hydrogen-bond donors (Lipinski definition) is 2. The van der Waals surface area contributed by atoms with Gasteiger partial charge in [-0.3, -0.25) is 28.8 Å². The molecule has 0 aliphatic heterocycles. The summed E-state index contributed by atoms with van der Waals surface area (Å²) in [6, 6.07) is 5.88. The molecular formula is C11H7N5O4S. The van der Waals surface area contributed by atoms with Crippen molar-refractivity contribution < 1.29 is 4.92 Å². The second-order valence-electron chi connectivity index (χ2n) is 4.02. The summed E-state index contributed by atoms with van der Waals surface area (Å²) in [7, 11) is 0. The number of nitrogens with one attached hydrogen (secondary N) is 2. The van der Waals surface area contributed by atoms with E-state index in [-0.39, 0.29) is 16.9 Å². The van der Waals surface area contributed by atoms with E-state index in [1.165, 1.54) is 34.4 Å². The molecule has 0 fully saturated rings. The van der Waals surface area contributed by atoms with Crippen LogP contribution < -0.4 is 11.2 Å². The van der Waals surface area contributed by atoms with Crippen LogP contribution in [0.3, 0.4) is 0 Å². The van der Waals surface area contributed by atoms with Crippen molar-refractivity contribution >= 4 is 28.8 Å². The fraction of sp³-hybridized carbons (Fsp3) is 0. The fourth-order valence-electron chi connectivity index (χ4n) is 1.73. The molecule has 0 radical (unpaired) electrons. The van der Waals surface area contributed by atoms with Gasteiger partial charge in [-0.1, -0.05) is 0 Å². The number of aromatic nitrogens is 4. The summed E-state index contributed by atoms with van der Waals surface area (Å²) in [5.41, 5.74) is -0.828. The van der Waals surface area contributed by atoms with Gasteiger partial charge in [-0.05, 0) is 24.1 Å². The van der Waals surface area contributed by atoms with Crippen molar-refractivity contribution in [2.24, 2.45) is 0 Å². The predicted octanol–water partition coefficient (Wildman–Crippen LogP) is 0.876. The Labute approximate surface area is 119 Å². The van der Waals surface area contributed by atoms with E-state index in [9.17, 15) is 19.7 Å². The largest absolute Gasteiger partial charge is 0.327 e. The molecule has 2 heterocycles. The molecule has 3 aromatic rings. The summed E-state index contributed by atoms with van der Waals surface area (Å²) >= 11 is 1.17. The van der Waals surface area contributed by atoms with Crippen LogP contribution in [0.25, 0.3) is 11.2 Å². The quantitative estimate of drug-likeness (QED) is 0.546. The molecule has 0 spiro atoms. The molecule has 9 nitrogen and oxygen atoms in total.